The first-order valence-electron chi connectivity index (χ1n) is 3.07. The smallest absolute Gasteiger partial charge is 0.250 e. The lowest BCUT2D eigenvalue weighted by Gasteiger charge is -2.02. The van der Waals surface area contributed by atoms with Gasteiger partial charge in [0, 0.05) is 6.07 Å². The van der Waals surface area contributed by atoms with Gasteiger partial charge in [0.1, 0.15) is 0 Å². The lowest BCUT2D eigenvalue weighted by molar-refractivity contribution is 0.381. The van der Waals surface area contributed by atoms with E-state index in [1.54, 1.807) is 6.07 Å². The molecule has 0 N–H and O–H groups in total. The van der Waals surface area contributed by atoms with Crippen molar-refractivity contribution in [2.24, 2.45) is 0 Å². The predicted molar refractivity (Wildman–Crippen MR) is 45.1 cm³/mol. The van der Waals surface area contributed by atoms with E-state index in [9.17, 15) is 0 Å². The van der Waals surface area contributed by atoms with E-state index in [0.717, 1.165) is 12.1 Å². The Morgan fingerprint density at radius 1 is 1.55 bits per heavy atom. The third kappa shape index (κ3) is 2.26. The van der Waals surface area contributed by atoms with Crippen LogP contribution in [0.15, 0.2) is 10.6 Å². The molecule has 1 aromatic rings. The second-order valence-corrected chi connectivity index (χ2v) is 4.32. The quantitative estimate of drug-likeness (QED) is 0.672. The van der Waals surface area contributed by atoms with E-state index >= 15 is 0 Å². The molecule has 11 heavy (non-hydrogen) atoms. The van der Waals surface area contributed by atoms with Gasteiger partial charge >= 0.3 is 0 Å². The highest BCUT2D eigenvalue weighted by molar-refractivity contribution is 6.66. The number of nitrogens with zero attached hydrogens (tertiary/aromatic N) is 1. The van der Waals surface area contributed by atoms with Crippen molar-refractivity contribution in [2.45, 2.75) is 17.1 Å². The molecule has 5 heteroatoms. The number of hydrogen-bond donors (Lipinski definition) is 0. The summed E-state index contributed by atoms with van der Waals surface area (Å²) in [5.74, 6) is 0.263. The van der Waals surface area contributed by atoms with Crippen LogP contribution in [0.3, 0.4) is 0 Å². The van der Waals surface area contributed by atoms with Gasteiger partial charge in [0.05, 0.1) is 5.69 Å². The Labute approximate surface area is 79.4 Å². The van der Waals surface area contributed by atoms with Gasteiger partial charge in [-0.05, 0) is 6.42 Å². The predicted octanol–water partition coefficient (Wildman–Crippen LogP) is 3.06. The summed E-state index contributed by atoms with van der Waals surface area (Å²) in [4.78, 5) is 0. The second kappa shape index (κ2) is 3.21. The van der Waals surface area contributed by atoms with Crippen molar-refractivity contribution in [3.63, 3.8) is 0 Å². The number of hydrogen-bond acceptors (Lipinski definition) is 2. The molecule has 0 unspecified atom stereocenters. The van der Waals surface area contributed by atoms with Crippen LogP contribution in [0, 0.1) is 0 Å². The van der Waals surface area contributed by atoms with E-state index in [1.807, 2.05) is 6.92 Å². The van der Waals surface area contributed by atoms with Gasteiger partial charge in [0.25, 0.3) is 3.79 Å². The van der Waals surface area contributed by atoms with Crippen LogP contribution in [-0.4, -0.2) is 5.16 Å². The zero-order valence-corrected chi connectivity index (χ0v) is 8.04. The van der Waals surface area contributed by atoms with E-state index < -0.39 is 3.79 Å². The molecule has 0 radical (unpaired) electrons. The van der Waals surface area contributed by atoms with Crippen LogP contribution in [0.5, 0.6) is 0 Å². The molecule has 0 atom stereocenters. The zero-order valence-electron chi connectivity index (χ0n) is 5.77. The van der Waals surface area contributed by atoms with Gasteiger partial charge < -0.3 is 4.52 Å². The van der Waals surface area contributed by atoms with Crippen LogP contribution < -0.4 is 0 Å². The van der Waals surface area contributed by atoms with Gasteiger partial charge in [-0.3, -0.25) is 0 Å². The first-order valence-corrected chi connectivity index (χ1v) is 4.20. The third-order valence-electron chi connectivity index (χ3n) is 1.20. The molecule has 0 saturated carbocycles. The fourth-order valence-electron chi connectivity index (χ4n) is 0.612. The van der Waals surface area contributed by atoms with E-state index in [2.05, 4.69) is 5.16 Å². The fourth-order valence-corrected chi connectivity index (χ4v) is 0.879. The molecule has 0 aliphatic heterocycles. The van der Waals surface area contributed by atoms with Gasteiger partial charge in [0.15, 0.2) is 5.76 Å². The summed E-state index contributed by atoms with van der Waals surface area (Å²) in [5, 5.41) is 3.67. The molecule has 0 fully saturated rings. The summed E-state index contributed by atoms with van der Waals surface area (Å²) < 4.78 is 3.27. The van der Waals surface area contributed by atoms with E-state index in [4.69, 9.17) is 39.3 Å². The summed E-state index contributed by atoms with van der Waals surface area (Å²) >= 11 is 16.6. The standard InChI is InChI=1S/C6H6Cl3NO/c1-2-4-3-5(11-10-4)6(7,8)9/h3H,2H2,1H3. The Bertz CT molecular complexity index is 240. The largest absolute Gasteiger partial charge is 0.356 e. The third-order valence-corrected chi connectivity index (χ3v) is 1.76. The number of rotatable bonds is 1. The SMILES string of the molecule is CCc1cc(C(Cl)(Cl)Cl)on1. The van der Waals surface area contributed by atoms with Crippen LogP contribution in [0.25, 0.3) is 0 Å². The van der Waals surface area contributed by atoms with Crippen LogP contribution in [-0.2, 0) is 10.2 Å². The Kier molecular flexibility index (Phi) is 2.68. The van der Waals surface area contributed by atoms with E-state index in [-0.39, 0.29) is 5.76 Å². The zero-order chi connectivity index (χ0) is 8.48. The summed E-state index contributed by atoms with van der Waals surface area (Å²) in [6.45, 7) is 1.94. The molecule has 0 aliphatic carbocycles. The molecule has 0 aromatic carbocycles. The van der Waals surface area contributed by atoms with Crippen molar-refractivity contribution < 1.29 is 4.52 Å². The maximum absolute atomic E-state index is 5.53. The average Bonchev–Trinajstić information content (AvgIpc) is 2.32. The van der Waals surface area contributed by atoms with Crippen LogP contribution in [0.2, 0.25) is 0 Å². The van der Waals surface area contributed by atoms with Crippen LogP contribution in [0.1, 0.15) is 18.4 Å². The number of aromatic nitrogens is 1. The summed E-state index contributed by atoms with van der Waals surface area (Å²) in [5.41, 5.74) is 0.784. The lowest BCUT2D eigenvalue weighted by atomic mass is 10.3. The Morgan fingerprint density at radius 2 is 2.18 bits per heavy atom. The first kappa shape index (κ1) is 9.17. The Morgan fingerprint density at radius 3 is 2.45 bits per heavy atom. The lowest BCUT2D eigenvalue weighted by Crippen LogP contribution is -1.96. The molecule has 1 heterocycles. The molecule has 0 saturated heterocycles. The molecule has 2 nitrogen and oxygen atoms in total. The number of aryl methyl sites for hydroxylation is 1. The van der Waals surface area contributed by atoms with Gasteiger partial charge in [-0.1, -0.05) is 46.9 Å². The summed E-state index contributed by atoms with van der Waals surface area (Å²) in [7, 11) is 0. The van der Waals surface area contributed by atoms with E-state index in [1.165, 1.54) is 0 Å². The molecule has 0 amide bonds. The highest BCUT2D eigenvalue weighted by Gasteiger charge is 2.27. The minimum Gasteiger partial charge on any atom is -0.356 e. The van der Waals surface area contributed by atoms with Crippen molar-refractivity contribution in [1.82, 2.24) is 5.16 Å². The normalized spacial score (nSPS) is 12.0. The highest BCUT2D eigenvalue weighted by Crippen LogP contribution is 2.38. The van der Waals surface area contributed by atoms with Gasteiger partial charge in [-0.25, -0.2) is 0 Å². The van der Waals surface area contributed by atoms with Gasteiger partial charge in [0.2, 0.25) is 0 Å². The van der Waals surface area contributed by atoms with E-state index in [0.29, 0.717) is 0 Å². The molecule has 0 aliphatic rings. The Hall–Kier alpha value is 0.0800. The molecule has 1 rings (SSSR count). The molecule has 1 aromatic heterocycles. The minimum atomic E-state index is -1.50. The average molecular weight is 214 g/mol. The Balaban J connectivity index is 2.89. The number of halogens is 3. The summed E-state index contributed by atoms with van der Waals surface area (Å²) in [6, 6.07) is 1.63. The molecular formula is C6H6Cl3NO. The topological polar surface area (TPSA) is 26.0 Å². The van der Waals surface area contributed by atoms with Crippen molar-refractivity contribution in [1.29, 1.82) is 0 Å². The fraction of sp³-hybridized carbons (Fsp3) is 0.500. The van der Waals surface area contributed by atoms with Crippen molar-refractivity contribution in [2.75, 3.05) is 0 Å². The maximum Gasteiger partial charge on any atom is 0.250 e. The second-order valence-electron chi connectivity index (χ2n) is 2.03. The van der Waals surface area contributed by atoms with Crippen molar-refractivity contribution in [3.8, 4) is 0 Å². The van der Waals surface area contributed by atoms with Crippen molar-refractivity contribution >= 4 is 34.8 Å². The van der Waals surface area contributed by atoms with Gasteiger partial charge in [-0.2, -0.15) is 0 Å². The van der Waals surface area contributed by atoms with Crippen molar-refractivity contribution in [3.05, 3.63) is 17.5 Å². The monoisotopic (exact) mass is 213 g/mol. The van der Waals surface area contributed by atoms with Crippen LogP contribution in [0.4, 0.5) is 0 Å². The first-order chi connectivity index (χ1) is 5.04. The summed E-state index contributed by atoms with van der Waals surface area (Å²) in [6.07, 6.45) is 0.768. The molecule has 62 valence electrons. The van der Waals surface area contributed by atoms with Crippen LogP contribution >= 0.6 is 34.8 Å². The number of alkyl halides is 3. The molecular weight excluding hydrogens is 208 g/mol. The maximum atomic E-state index is 5.53. The van der Waals surface area contributed by atoms with Gasteiger partial charge in [-0.15, -0.1) is 0 Å². The highest BCUT2D eigenvalue weighted by atomic mass is 35.6. The molecule has 0 spiro atoms. The minimum absolute atomic E-state index is 0.263. The molecule has 0 bridgehead atoms.